The summed E-state index contributed by atoms with van der Waals surface area (Å²) in [4.78, 5) is 2.24. The lowest BCUT2D eigenvalue weighted by Crippen LogP contribution is -2.43. The second-order valence-electron chi connectivity index (χ2n) is 4.74. The van der Waals surface area contributed by atoms with E-state index in [1.54, 1.807) is 0 Å². The smallest absolute Gasteiger partial charge is 0.0900 e. The molecule has 1 saturated carbocycles. The zero-order valence-electron chi connectivity index (χ0n) is 10.9. The molecule has 3 heteroatoms. The van der Waals surface area contributed by atoms with Crippen LogP contribution in [0.2, 0.25) is 0 Å². The highest BCUT2D eigenvalue weighted by Gasteiger charge is 2.22. The Morgan fingerprint density at radius 3 is 2.71 bits per heavy atom. The zero-order valence-corrected chi connectivity index (χ0v) is 10.9. The Hall–Kier alpha value is -0.560. The summed E-state index contributed by atoms with van der Waals surface area (Å²) in [6.45, 7) is 4.26. The minimum absolute atomic E-state index is 0.407. The minimum Gasteiger partial charge on any atom is -0.389 e. The van der Waals surface area contributed by atoms with Crippen LogP contribution in [0.4, 0.5) is 0 Å². The van der Waals surface area contributed by atoms with Gasteiger partial charge in [-0.05, 0) is 19.8 Å². The number of ether oxygens (including phenoxy) is 1. The first kappa shape index (κ1) is 14.5. The fourth-order valence-corrected chi connectivity index (χ4v) is 2.48. The van der Waals surface area contributed by atoms with Crippen molar-refractivity contribution in [2.24, 2.45) is 0 Å². The van der Waals surface area contributed by atoms with E-state index in [1.165, 1.54) is 32.1 Å². The topological polar surface area (TPSA) is 32.7 Å². The number of aliphatic hydroxyl groups excluding tert-OH is 1. The molecule has 0 saturated heterocycles. The lowest BCUT2D eigenvalue weighted by molar-refractivity contribution is 0.0118. The third kappa shape index (κ3) is 5.54. The summed E-state index contributed by atoms with van der Waals surface area (Å²) < 4.78 is 5.23. The molecule has 0 aromatic rings. The molecule has 0 aliphatic heterocycles. The number of terminal acetylenes is 1. The van der Waals surface area contributed by atoms with Gasteiger partial charge in [-0.25, -0.2) is 0 Å². The standard InChI is InChI=1S/C14H25NO2/c1-3-10-15(11-14(16)12-17-4-2)13-8-6-5-7-9-13/h1,13-14,16H,4-12H2,2H3. The van der Waals surface area contributed by atoms with E-state index in [1.807, 2.05) is 6.92 Å². The van der Waals surface area contributed by atoms with Crippen LogP contribution in [0.25, 0.3) is 0 Å². The highest BCUT2D eigenvalue weighted by Crippen LogP contribution is 2.22. The molecule has 0 radical (unpaired) electrons. The van der Waals surface area contributed by atoms with Crippen LogP contribution in [0, 0.1) is 12.3 Å². The second-order valence-corrected chi connectivity index (χ2v) is 4.74. The summed E-state index contributed by atoms with van der Waals surface area (Å²) in [5.74, 6) is 2.70. The number of nitrogens with zero attached hydrogens (tertiary/aromatic N) is 1. The molecule has 1 rings (SSSR count). The second kappa shape index (κ2) is 8.52. The number of hydrogen-bond donors (Lipinski definition) is 1. The van der Waals surface area contributed by atoms with Crippen molar-refractivity contribution in [3.8, 4) is 12.3 Å². The molecule has 3 nitrogen and oxygen atoms in total. The Morgan fingerprint density at radius 2 is 2.12 bits per heavy atom. The Kier molecular flexibility index (Phi) is 7.27. The van der Waals surface area contributed by atoms with Crippen LogP contribution in [-0.2, 0) is 4.74 Å². The van der Waals surface area contributed by atoms with Crippen LogP contribution in [0.3, 0.4) is 0 Å². The number of hydrogen-bond acceptors (Lipinski definition) is 3. The van der Waals surface area contributed by atoms with Crippen molar-refractivity contribution in [1.29, 1.82) is 0 Å². The van der Waals surface area contributed by atoms with Crippen molar-refractivity contribution in [2.75, 3.05) is 26.3 Å². The van der Waals surface area contributed by atoms with Crippen LogP contribution in [0.15, 0.2) is 0 Å². The summed E-state index contributed by atoms with van der Waals surface area (Å²) in [5.41, 5.74) is 0. The summed E-state index contributed by atoms with van der Waals surface area (Å²) in [6, 6.07) is 0.552. The Labute approximate surface area is 105 Å². The molecule has 0 bridgehead atoms. The molecule has 0 amide bonds. The van der Waals surface area contributed by atoms with Crippen molar-refractivity contribution in [2.45, 2.75) is 51.2 Å². The van der Waals surface area contributed by atoms with Crippen molar-refractivity contribution in [1.82, 2.24) is 4.90 Å². The predicted octanol–water partition coefficient (Wildman–Crippen LogP) is 1.65. The third-order valence-corrected chi connectivity index (χ3v) is 3.35. The monoisotopic (exact) mass is 239 g/mol. The molecule has 0 spiro atoms. The van der Waals surface area contributed by atoms with E-state index < -0.39 is 6.10 Å². The molecule has 98 valence electrons. The van der Waals surface area contributed by atoms with Gasteiger partial charge in [-0.2, -0.15) is 0 Å². The lowest BCUT2D eigenvalue weighted by atomic mass is 9.94. The van der Waals surface area contributed by atoms with Crippen LogP contribution in [0.1, 0.15) is 39.0 Å². The quantitative estimate of drug-likeness (QED) is 0.686. The van der Waals surface area contributed by atoms with Gasteiger partial charge in [-0.1, -0.05) is 25.2 Å². The predicted molar refractivity (Wildman–Crippen MR) is 69.8 cm³/mol. The lowest BCUT2D eigenvalue weighted by Gasteiger charge is -2.34. The summed E-state index contributed by atoms with van der Waals surface area (Å²) in [5, 5.41) is 9.87. The molecular weight excluding hydrogens is 214 g/mol. The van der Waals surface area contributed by atoms with Crippen molar-refractivity contribution in [3.63, 3.8) is 0 Å². The van der Waals surface area contributed by atoms with E-state index >= 15 is 0 Å². The largest absolute Gasteiger partial charge is 0.389 e. The molecule has 1 N–H and O–H groups in total. The number of rotatable bonds is 7. The molecule has 1 unspecified atom stereocenters. The van der Waals surface area contributed by atoms with E-state index in [0.29, 0.717) is 32.3 Å². The Balaban J connectivity index is 2.38. The molecule has 0 heterocycles. The Morgan fingerprint density at radius 1 is 1.41 bits per heavy atom. The normalized spacial score (nSPS) is 19.2. The van der Waals surface area contributed by atoms with Crippen LogP contribution in [-0.4, -0.2) is 48.5 Å². The molecule has 1 aliphatic carbocycles. The average molecular weight is 239 g/mol. The van der Waals surface area contributed by atoms with Crippen LogP contribution in [0.5, 0.6) is 0 Å². The summed E-state index contributed by atoms with van der Waals surface area (Å²) in [6.07, 6.45) is 11.3. The summed E-state index contributed by atoms with van der Waals surface area (Å²) in [7, 11) is 0. The fourth-order valence-electron chi connectivity index (χ4n) is 2.48. The fraction of sp³-hybridized carbons (Fsp3) is 0.857. The van der Waals surface area contributed by atoms with Gasteiger partial charge in [0.15, 0.2) is 0 Å². The molecule has 0 aromatic carbocycles. The molecule has 1 atom stereocenters. The molecule has 1 aliphatic rings. The van der Waals surface area contributed by atoms with Crippen molar-refractivity contribution in [3.05, 3.63) is 0 Å². The van der Waals surface area contributed by atoms with E-state index in [4.69, 9.17) is 11.2 Å². The summed E-state index contributed by atoms with van der Waals surface area (Å²) >= 11 is 0. The van der Waals surface area contributed by atoms with Gasteiger partial charge < -0.3 is 9.84 Å². The van der Waals surface area contributed by atoms with E-state index in [0.717, 1.165) is 0 Å². The van der Waals surface area contributed by atoms with Gasteiger partial charge in [-0.15, -0.1) is 6.42 Å². The van der Waals surface area contributed by atoms with Crippen LogP contribution >= 0.6 is 0 Å². The van der Waals surface area contributed by atoms with Crippen molar-refractivity contribution < 1.29 is 9.84 Å². The molecule has 0 aromatic heterocycles. The third-order valence-electron chi connectivity index (χ3n) is 3.35. The van der Waals surface area contributed by atoms with E-state index in [9.17, 15) is 5.11 Å². The molecular formula is C14H25NO2. The first-order valence-corrected chi connectivity index (χ1v) is 6.71. The van der Waals surface area contributed by atoms with Gasteiger partial charge in [0.2, 0.25) is 0 Å². The van der Waals surface area contributed by atoms with Gasteiger partial charge in [0.05, 0.1) is 19.3 Å². The molecule has 17 heavy (non-hydrogen) atoms. The zero-order chi connectivity index (χ0) is 12.5. The number of aliphatic hydroxyl groups is 1. The minimum atomic E-state index is -0.426. The van der Waals surface area contributed by atoms with Gasteiger partial charge >= 0.3 is 0 Å². The van der Waals surface area contributed by atoms with Gasteiger partial charge in [0.25, 0.3) is 0 Å². The van der Waals surface area contributed by atoms with E-state index in [-0.39, 0.29) is 0 Å². The van der Waals surface area contributed by atoms with E-state index in [2.05, 4.69) is 10.8 Å². The van der Waals surface area contributed by atoms with Gasteiger partial charge in [0, 0.05) is 19.2 Å². The SMILES string of the molecule is C#CCN(CC(O)COCC)C1CCCCC1. The first-order chi connectivity index (χ1) is 8.27. The first-order valence-electron chi connectivity index (χ1n) is 6.71. The van der Waals surface area contributed by atoms with Crippen molar-refractivity contribution >= 4 is 0 Å². The average Bonchev–Trinajstić information content (AvgIpc) is 2.37. The molecule has 1 fully saturated rings. The highest BCUT2D eigenvalue weighted by atomic mass is 16.5. The maximum Gasteiger partial charge on any atom is 0.0900 e. The maximum absolute atomic E-state index is 9.87. The maximum atomic E-state index is 9.87. The van der Waals surface area contributed by atoms with Crippen LogP contribution < -0.4 is 0 Å². The Bertz CT molecular complexity index is 231. The highest BCUT2D eigenvalue weighted by molar-refractivity contribution is 4.91. The van der Waals surface area contributed by atoms with Gasteiger partial charge in [-0.3, -0.25) is 4.90 Å². The van der Waals surface area contributed by atoms with Gasteiger partial charge in [0.1, 0.15) is 0 Å².